The molecule has 2 N–H and O–H groups in total. The average molecular weight is 464 g/mol. The van der Waals surface area contributed by atoms with Gasteiger partial charge < -0.3 is 9.26 Å². The van der Waals surface area contributed by atoms with Gasteiger partial charge in [0.1, 0.15) is 5.75 Å². The van der Waals surface area contributed by atoms with E-state index < -0.39 is 0 Å². The van der Waals surface area contributed by atoms with Gasteiger partial charge in [-0.3, -0.25) is 25.4 Å². The fourth-order valence-corrected chi connectivity index (χ4v) is 2.93. The van der Waals surface area contributed by atoms with Gasteiger partial charge >= 0.3 is 0 Å². The third-order valence-corrected chi connectivity index (χ3v) is 4.54. The molecule has 2 aromatic heterocycles. The molecule has 162 valence electrons. The SMILES string of the molecule is O=C(CCCOc1ccc(Cl)cc1Cl)NNC(=O)CCc1nc(-c2ccncc2)no1. The fraction of sp³-hybridized carbons (Fsp3) is 0.250. The van der Waals surface area contributed by atoms with Crippen LogP contribution in [0.1, 0.15) is 25.2 Å². The molecule has 31 heavy (non-hydrogen) atoms. The third-order valence-electron chi connectivity index (χ3n) is 4.01. The molecule has 0 aliphatic heterocycles. The van der Waals surface area contributed by atoms with E-state index in [0.29, 0.717) is 40.5 Å². The molecule has 2 heterocycles. The predicted molar refractivity (Wildman–Crippen MR) is 113 cm³/mol. The highest BCUT2D eigenvalue weighted by molar-refractivity contribution is 6.35. The second kappa shape index (κ2) is 11.3. The van der Waals surface area contributed by atoms with Crippen LogP contribution in [0.5, 0.6) is 5.75 Å². The number of benzene rings is 1. The maximum atomic E-state index is 11.9. The lowest BCUT2D eigenvalue weighted by molar-refractivity contribution is -0.129. The molecule has 0 aliphatic carbocycles. The van der Waals surface area contributed by atoms with Crippen molar-refractivity contribution in [2.45, 2.75) is 25.7 Å². The molecule has 9 nitrogen and oxygen atoms in total. The van der Waals surface area contributed by atoms with Gasteiger partial charge in [0.15, 0.2) is 0 Å². The molecule has 3 rings (SSSR count). The van der Waals surface area contributed by atoms with Crippen LogP contribution in [0.4, 0.5) is 0 Å². The molecule has 0 fully saturated rings. The molecular formula is C20H19Cl2N5O4. The summed E-state index contributed by atoms with van der Waals surface area (Å²) in [5.41, 5.74) is 5.48. The molecule has 0 bridgehead atoms. The summed E-state index contributed by atoms with van der Waals surface area (Å²) in [4.78, 5) is 31.9. The maximum Gasteiger partial charge on any atom is 0.238 e. The smallest absolute Gasteiger partial charge is 0.238 e. The van der Waals surface area contributed by atoms with Crippen LogP contribution >= 0.6 is 23.2 Å². The van der Waals surface area contributed by atoms with Gasteiger partial charge in [-0.2, -0.15) is 4.98 Å². The van der Waals surface area contributed by atoms with Gasteiger partial charge in [0.05, 0.1) is 11.6 Å². The van der Waals surface area contributed by atoms with Crippen molar-refractivity contribution in [3.05, 3.63) is 58.7 Å². The van der Waals surface area contributed by atoms with Crippen LogP contribution in [0.3, 0.4) is 0 Å². The van der Waals surface area contributed by atoms with E-state index in [9.17, 15) is 9.59 Å². The number of amides is 2. The van der Waals surface area contributed by atoms with E-state index in [1.165, 1.54) is 0 Å². The van der Waals surface area contributed by atoms with E-state index in [1.807, 2.05) is 0 Å². The first kappa shape index (κ1) is 22.5. The minimum Gasteiger partial charge on any atom is -0.492 e. The highest BCUT2D eigenvalue weighted by atomic mass is 35.5. The summed E-state index contributed by atoms with van der Waals surface area (Å²) >= 11 is 11.8. The number of halogens is 2. The Morgan fingerprint density at radius 2 is 1.77 bits per heavy atom. The standard InChI is InChI=1S/C20H19Cl2N5O4/c21-14-3-4-16(15(22)12-14)30-11-1-2-17(28)25-26-18(29)5-6-19-24-20(27-31-19)13-7-9-23-10-8-13/h3-4,7-10,12H,1-2,5-6,11H2,(H,25,28)(H,26,29). The number of aryl methyl sites for hydroxylation is 1. The normalized spacial score (nSPS) is 10.5. The number of carbonyl (C=O) groups excluding carboxylic acids is 2. The number of pyridine rings is 1. The van der Waals surface area contributed by atoms with Crippen LogP contribution in [-0.4, -0.2) is 33.5 Å². The molecule has 0 saturated heterocycles. The number of hydrogen-bond acceptors (Lipinski definition) is 7. The Kier molecular flexibility index (Phi) is 8.19. The van der Waals surface area contributed by atoms with E-state index >= 15 is 0 Å². The monoisotopic (exact) mass is 463 g/mol. The number of hydrogen-bond donors (Lipinski definition) is 2. The van der Waals surface area contributed by atoms with Crippen molar-refractivity contribution >= 4 is 35.0 Å². The molecule has 0 saturated carbocycles. The van der Waals surface area contributed by atoms with Gasteiger partial charge in [0, 0.05) is 42.2 Å². The average Bonchev–Trinajstić information content (AvgIpc) is 3.25. The molecule has 11 heteroatoms. The number of rotatable bonds is 9. The zero-order valence-corrected chi connectivity index (χ0v) is 17.8. The largest absolute Gasteiger partial charge is 0.492 e. The van der Waals surface area contributed by atoms with E-state index in [4.69, 9.17) is 32.5 Å². The van der Waals surface area contributed by atoms with Crippen molar-refractivity contribution in [1.29, 1.82) is 0 Å². The second-order valence-corrected chi connectivity index (χ2v) is 7.21. The minimum atomic E-state index is -0.374. The number of ether oxygens (including phenoxy) is 1. The van der Waals surface area contributed by atoms with Crippen LogP contribution < -0.4 is 15.6 Å². The molecule has 2 amide bonds. The summed E-state index contributed by atoms with van der Waals surface area (Å²) in [5.74, 6) is 0.533. The zero-order valence-electron chi connectivity index (χ0n) is 16.3. The van der Waals surface area contributed by atoms with Crippen LogP contribution in [0.25, 0.3) is 11.4 Å². The van der Waals surface area contributed by atoms with Gasteiger partial charge in [-0.15, -0.1) is 0 Å². The third kappa shape index (κ3) is 7.23. The molecule has 0 aliphatic rings. The van der Waals surface area contributed by atoms with Gasteiger partial charge in [0.25, 0.3) is 0 Å². The second-order valence-electron chi connectivity index (χ2n) is 6.37. The van der Waals surface area contributed by atoms with Gasteiger partial charge in [0.2, 0.25) is 23.5 Å². The lowest BCUT2D eigenvalue weighted by Gasteiger charge is -2.09. The Morgan fingerprint density at radius 1 is 1.03 bits per heavy atom. The van der Waals surface area contributed by atoms with Gasteiger partial charge in [-0.25, -0.2) is 0 Å². The molecule has 0 radical (unpaired) electrons. The molecule has 0 spiro atoms. The number of aromatic nitrogens is 3. The zero-order chi connectivity index (χ0) is 22.1. The first-order chi connectivity index (χ1) is 15.0. The topological polar surface area (TPSA) is 119 Å². The minimum absolute atomic E-state index is 0.0798. The first-order valence-electron chi connectivity index (χ1n) is 9.40. The predicted octanol–water partition coefficient (Wildman–Crippen LogP) is 3.38. The Labute approximate surface area is 188 Å². The van der Waals surface area contributed by atoms with Gasteiger partial charge in [-0.05, 0) is 36.8 Å². The van der Waals surface area contributed by atoms with Crippen molar-refractivity contribution in [3.63, 3.8) is 0 Å². The van der Waals surface area contributed by atoms with Crippen LogP contribution in [0.2, 0.25) is 10.0 Å². The fourth-order valence-electron chi connectivity index (χ4n) is 2.47. The summed E-state index contributed by atoms with van der Waals surface area (Å²) in [7, 11) is 0. The highest BCUT2D eigenvalue weighted by Gasteiger charge is 2.11. The number of nitrogens with one attached hydrogen (secondary N) is 2. The highest BCUT2D eigenvalue weighted by Crippen LogP contribution is 2.27. The quantitative estimate of drug-likeness (QED) is 0.368. The molecule has 0 atom stereocenters. The van der Waals surface area contributed by atoms with Crippen molar-refractivity contribution in [2.24, 2.45) is 0 Å². The lowest BCUT2D eigenvalue weighted by Crippen LogP contribution is -2.41. The van der Waals surface area contributed by atoms with Crippen LogP contribution in [-0.2, 0) is 16.0 Å². The number of nitrogens with zero attached hydrogens (tertiary/aromatic N) is 3. The van der Waals surface area contributed by atoms with Crippen LogP contribution in [0.15, 0.2) is 47.2 Å². The Balaban J connectivity index is 1.30. The summed E-state index contributed by atoms with van der Waals surface area (Å²) in [6, 6.07) is 8.42. The number of hydrazine groups is 1. The van der Waals surface area contributed by atoms with Crippen molar-refractivity contribution in [1.82, 2.24) is 26.0 Å². The van der Waals surface area contributed by atoms with Crippen LogP contribution in [0, 0.1) is 0 Å². The Hall–Kier alpha value is -3.17. The summed E-state index contributed by atoms with van der Waals surface area (Å²) in [5, 5.41) is 4.79. The number of carbonyl (C=O) groups is 2. The molecule has 1 aromatic carbocycles. The Bertz CT molecular complexity index is 1030. The van der Waals surface area contributed by atoms with E-state index in [0.717, 1.165) is 5.56 Å². The van der Waals surface area contributed by atoms with Crippen molar-refractivity contribution in [3.8, 4) is 17.1 Å². The van der Waals surface area contributed by atoms with Gasteiger partial charge in [-0.1, -0.05) is 28.4 Å². The van der Waals surface area contributed by atoms with E-state index in [2.05, 4.69) is 26.0 Å². The lowest BCUT2D eigenvalue weighted by atomic mass is 10.2. The van der Waals surface area contributed by atoms with E-state index in [1.54, 1.807) is 42.7 Å². The summed E-state index contributed by atoms with van der Waals surface area (Å²) < 4.78 is 10.6. The van der Waals surface area contributed by atoms with E-state index in [-0.39, 0.29) is 31.1 Å². The summed E-state index contributed by atoms with van der Waals surface area (Å²) in [6.07, 6.45) is 4.19. The molecule has 3 aromatic rings. The van der Waals surface area contributed by atoms with Crippen molar-refractivity contribution < 1.29 is 18.8 Å². The molecular weight excluding hydrogens is 445 g/mol. The Morgan fingerprint density at radius 3 is 2.52 bits per heavy atom. The maximum absolute atomic E-state index is 11.9. The molecule has 0 unspecified atom stereocenters. The van der Waals surface area contributed by atoms with Crippen molar-refractivity contribution in [2.75, 3.05) is 6.61 Å². The first-order valence-corrected chi connectivity index (χ1v) is 10.2. The summed E-state index contributed by atoms with van der Waals surface area (Å²) in [6.45, 7) is 0.291.